The number of nitrogens with zero attached hydrogens (tertiary/aromatic N) is 2. The Labute approximate surface area is 159 Å². The van der Waals surface area contributed by atoms with Gasteiger partial charge in [0.2, 0.25) is 0 Å². The molecule has 0 atom stereocenters. The third kappa shape index (κ3) is 3.71. The highest BCUT2D eigenvalue weighted by atomic mass is 35.5. The summed E-state index contributed by atoms with van der Waals surface area (Å²) in [5.74, 6) is 0.770. The molecule has 0 spiro atoms. The molecule has 1 fully saturated rings. The molecule has 1 aromatic heterocycles. The third-order valence-corrected chi connectivity index (χ3v) is 5.19. The van der Waals surface area contributed by atoms with E-state index < -0.39 is 5.91 Å². The fraction of sp³-hybridized carbons (Fsp3) is 0.176. The molecule has 0 aliphatic carbocycles. The number of rotatable bonds is 4. The van der Waals surface area contributed by atoms with Gasteiger partial charge in [0.15, 0.2) is 5.88 Å². The first-order valence-electron chi connectivity index (χ1n) is 7.32. The van der Waals surface area contributed by atoms with Gasteiger partial charge in [0, 0.05) is 41.8 Å². The molecule has 1 aliphatic rings. The molecular formula is C17H14Cl2N2O3S. The molecule has 5 nitrogen and oxygen atoms in total. The van der Waals surface area contributed by atoms with Crippen molar-refractivity contribution in [3.8, 4) is 0 Å². The second-order valence-electron chi connectivity index (χ2n) is 5.54. The van der Waals surface area contributed by atoms with Crippen molar-refractivity contribution in [2.24, 2.45) is 0 Å². The Kier molecular flexibility index (Phi) is 5.13. The fourth-order valence-electron chi connectivity index (χ4n) is 2.27. The topological polar surface area (TPSA) is 53.8 Å². The number of carbonyl (C=O) groups excluding carboxylic acids is 2. The van der Waals surface area contributed by atoms with Crippen molar-refractivity contribution in [2.75, 3.05) is 19.0 Å². The number of carbonyl (C=O) groups is 2. The van der Waals surface area contributed by atoms with E-state index in [4.69, 9.17) is 27.6 Å². The summed E-state index contributed by atoms with van der Waals surface area (Å²) < 4.78 is 5.59. The molecule has 2 heterocycles. The number of thioether (sulfide) groups is 1. The molecule has 2 amide bonds. The Morgan fingerprint density at radius 2 is 1.84 bits per heavy atom. The molecule has 0 bridgehead atoms. The molecule has 0 radical (unpaired) electrons. The lowest BCUT2D eigenvalue weighted by Crippen LogP contribution is -2.27. The highest BCUT2D eigenvalue weighted by molar-refractivity contribution is 8.18. The Morgan fingerprint density at radius 3 is 2.44 bits per heavy atom. The van der Waals surface area contributed by atoms with E-state index in [0.717, 1.165) is 16.7 Å². The maximum Gasteiger partial charge on any atom is 0.293 e. The van der Waals surface area contributed by atoms with Crippen molar-refractivity contribution in [2.45, 2.75) is 6.54 Å². The van der Waals surface area contributed by atoms with E-state index in [9.17, 15) is 9.59 Å². The summed E-state index contributed by atoms with van der Waals surface area (Å²) in [5.41, 5.74) is 0.544. The van der Waals surface area contributed by atoms with E-state index in [2.05, 4.69) is 0 Å². The minimum atomic E-state index is -0.395. The number of hydrogen-bond donors (Lipinski definition) is 0. The SMILES string of the molecule is CN(C)c1ccc(/C=C2\SC(=O)N(Cc3c(Cl)cccc3Cl)C2=O)o1. The Morgan fingerprint density at radius 1 is 1.16 bits per heavy atom. The first kappa shape index (κ1) is 17.9. The molecule has 1 saturated heterocycles. The Hall–Kier alpha value is -1.89. The van der Waals surface area contributed by atoms with Crippen molar-refractivity contribution in [1.29, 1.82) is 0 Å². The van der Waals surface area contributed by atoms with Crippen LogP contribution in [0.25, 0.3) is 6.08 Å². The van der Waals surface area contributed by atoms with Crippen LogP contribution in [0.5, 0.6) is 0 Å². The van der Waals surface area contributed by atoms with Crippen LogP contribution in [0.4, 0.5) is 10.7 Å². The van der Waals surface area contributed by atoms with Crippen molar-refractivity contribution in [3.05, 3.63) is 56.6 Å². The van der Waals surface area contributed by atoms with Crippen molar-refractivity contribution < 1.29 is 14.0 Å². The van der Waals surface area contributed by atoms with Crippen molar-refractivity contribution in [1.82, 2.24) is 4.90 Å². The number of halogens is 2. The van der Waals surface area contributed by atoms with Crippen LogP contribution in [0.3, 0.4) is 0 Å². The highest BCUT2D eigenvalue weighted by Gasteiger charge is 2.36. The van der Waals surface area contributed by atoms with Gasteiger partial charge in [-0.1, -0.05) is 29.3 Å². The van der Waals surface area contributed by atoms with Gasteiger partial charge in [-0.3, -0.25) is 14.5 Å². The van der Waals surface area contributed by atoms with Crippen LogP contribution in [-0.2, 0) is 11.3 Å². The van der Waals surface area contributed by atoms with Crippen LogP contribution < -0.4 is 4.90 Å². The minimum Gasteiger partial charge on any atom is -0.441 e. The molecule has 25 heavy (non-hydrogen) atoms. The summed E-state index contributed by atoms with van der Waals surface area (Å²) in [7, 11) is 3.70. The predicted octanol–water partition coefficient (Wildman–Crippen LogP) is 4.89. The summed E-state index contributed by atoms with van der Waals surface area (Å²) in [5, 5.41) is 0.459. The molecule has 130 valence electrons. The molecule has 0 N–H and O–H groups in total. The smallest absolute Gasteiger partial charge is 0.293 e. The average molecular weight is 397 g/mol. The lowest BCUT2D eigenvalue weighted by molar-refractivity contribution is -0.123. The zero-order valence-corrected chi connectivity index (χ0v) is 15.8. The number of benzene rings is 1. The molecule has 8 heteroatoms. The minimum absolute atomic E-state index is 0.0294. The molecule has 0 saturated carbocycles. The number of hydrogen-bond acceptors (Lipinski definition) is 5. The van der Waals surface area contributed by atoms with Gasteiger partial charge in [0.05, 0.1) is 11.4 Å². The Balaban J connectivity index is 1.83. The van der Waals surface area contributed by atoms with E-state index in [1.54, 1.807) is 36.4 Å². The second-order valence-corrected chi connectivity index (χ2v) is 7.35. The quantitative estimate of drug-likeness (QED) is 0.688. The number of anilines is 1. The van der Waals surface area contributed by atoms with Gasteiger partial charge in [0.1, 0.15) is 5.76 Å². The number of imide groups is 1. The van der Waals surface area contributed by atoms with Gasteiger partial charge < -0.3 is 9.32 Å². The summed E-state index contributed by atoms with van der Waals surface area (Å²) in [6.07, 6.45) is 1.56. The van der Waals surface area contributed by atoms with E-state index in [1.807, 2.05) is 19.0 Å². The van der Waals surface area contributed by atoms with Gasteiger partial charge in [-0.25, -0.2) is 0 Å². The molecule has 1 aromatic carbocycles. The monoisotopic (exact) mass is 396 g/mol. The first-order chi connectivity index (χ1) is 11.9. The molecular weight excluding hydrogens is 383 g/mol. The van der Waals surface area contributed by atoms with Crippen LogP contribution in [0.2, 0.25) is 10.0 Å². The van der Waals surface area contributed by atoms with Crippen LogP contribution in [0.15, 0.2) is 39.7 Å². The van der Waals surface area contributed by atoms with Crippen LogP contribution in [-0.4, -0.2) is 30.1 Å². The summed E-state index contributed by atoms with van der Waals surface area (Å²) >= 11 is 13.1. The van der Waals surface area contributed by atoms with Gasteiger partial charge in [0.25, 0.3) is 11.1 Å². The molecule has 1 aliphatic heterocycles. The molecule has 2 aromatic rings. The predicted molar refractivity (Wildman–Crippen MR) is 101 cm³/mol. The summed E-state index contributed by atoms with van der Waals surface area (Å²) in [6, 6.07) is 8.58. The molecule has 0 unspecified atom stereocenters. The van der Waals surface area contributed by atoms with Gasteiger partial charge in [-0.15, -0.1) is 0 Å². The van der Waals surface area contributed by atoms with Crippen LogP contribution in [0.1, 0.15) is 11.3 Å². The second kappa shape index (κ2) is 7.15. The van der Waals surface area contributed by atoms with E-state index in [1.165, 1.54) is 0 Å². The van der Waals surface area contributed by atoms with Crippen LogP contribution >= 0.6 is 35.0 Å². The third-order valence-electron chi connectivity index (χ3n) is 3.58. The normalized spacial score (nSPS) is 16.2. The van der Waals surface area contributed by atoms with Gasteiger partial charge >= 0.3 is 0 Å². The average Bonchev–Trinajstić information content (AvgIpc) is 3.11. The maximum atomic E-state index is 12.6. The highest BCUT2D eigenvalue weighted by Crippen LogP contribution is 2.36. The van der Waals surface area contributed by atoms with Gasteiger partial charge in [-0.05, 0) is 30.0 Å². The standard InChI is InChI=1S/C17H14Cl2N2O3S/c1-20(2)15-7-6-10(24-15)8-14-16(22)21(17(23)25-14)9-11-12(18)4-3-5-13(11)19/h3-8H,9H2,1-2H3/b14-8-. The van der Waals surface area contributed by atoms with Crippen LogP contribution in [0, 0.1) is 0 Å². The summed E-state index contributed by atoms with van der Waals surface area (Å²) in [4.78, 5) is 28.0. The van der Waals surface area contributed by atoms with E-state index >= 15 is 0 Å². The largest absolute Gasteiger partial charge is 0.441 e. The zero-order chi connectivity index (χ0) is 18.1. The number of furan rings is 1. The summed E-state index contributed by atoms with van der Waals surface area (Å²) in [6.45, 7) is 0.0294. The van der Waals surface area contributed by atoms with E-state index in [-0.39, 0.29) is 11.8 Å². The number of amides is 2. The van der Waals surface area contributed by atoms with Gasteiger partial charge in [-0.2, -0.15) is 0 Å². The maximum absolute atomic E-state index is 12.6. The lowest BCUT2D eigenvalue weighted by atomic mass is 10.2. The zero-order valence-electron chi connectivity index (χ0n) is 13.5. The fourth-order valence-corrected chi connectivity index (χ4v) is 3.60. The molecule has 3 rings (SSSR count). The lowest BCUT2D eigenvalue weighted by Gasteiger charge is -2.14. The van der Waals surface area contributed by atoms with Crippen molar-refractivity contribution >= 4 is 58.1 Å². The van der Waals surface area contributed by atoms with E-state index in [0.29, 0.717) is 32.2 Å². The Bertz CT molecular complexity index is 856. The van der Waals surface area contributed by atoms with Crippen molar-refractivity contribution in [3.63, 3.8) is 0 Å². The first-order valence-corrected chi connectivity index (χ1v) is 8.89.